The number of hydrogen-bond acceptors (Lipinski definition) is 6. The van der Waals surface area contributed by atoms with Gasteiger partial charge in [-0.25, -0.2) is 9.67 Å². The second-order valence-corrected chi connectivity index (χ2v) is 11.3. The van der Waals surface area contributed by atoms with Crippen molar-refractivity contribution in [1.29, 1.82) is 0 Å². The van der Waals surface area contributed by atoms with Gasteiger partial charge in [0.25, 0.3) is 5.56 Å². The Kier molecular flexibility index (Phi) is 7.24. The predicted octanol–water partition coefficient (Wildman–Crippen LogP) is 5.51. The Morgan fingerprint density at radius 1 is 1.05 bits per heavy atom. The van der Waals surface area contributed by atoms with Gasteiger partial charge in [0.2, 0.25) is 5.91 Å². The highest BCUT2D eigenvalue weighted by molar-refractivity contribution is 6.31. The van der Waals surface area contributed by atoms with E-state index >= 15 is 0 Å². The van der Waals surface area contributed by atoms with E-state index in [0.717, 1.165) is 40.3 Å². The van der Waals surface area contributed by atoms with Crippen molar-refractivity contribution in [2.45, 2.75) is 46.1 Å². The third-order valence-corrected chi connectivity index (χ3v) is 8.19. The van der Waals surface area contributed by atoms with Crippen LogP contribution in [0.15, 0.2) is 66.1 Å². The van der Waals surface area contributed by atoms with Gasteiger partial charge in [0.05, 0.1) is 52.7 Å². The number of aryl methyl sites for hydroxylation is 3. The largest absolute Gasteiger partial charge is 0.323 e. The number of benzene rings is 1. The number of carbonyl (C=O) groups is 1. The standard InChI is InChI=1S/C31H31ClN8O2/c1-18-6-5-7-28(25-12-21(10-11-33-25)30-26(36-31(18)42)15-35-38(30)4)39-17-34-24(14-29(39)41)23-13-22(32)8-9-27(23)40-16-19(2)20(3)37-40/h8-18,28H,5-7H2,1-4H3,(H,36,42)/t18-,28+/m1/s1. The molecule has 5 aromatic rings. The second kappa shape index (κ2) is 11.0. The van der Waals surface area contributed by atoms with Crippen LogP contribution in [0.3, 0.4) is 0 Å². The van der Waals surface area contributed by atoms with Crippen LogP contribution in [0.1, 0.15) is 49.2 Å². The van der Waals surface area contributed by atoms with E-state index < -0.39 is 0 Å². The first-order valence-electron chi connectivity index (χ1n) is 13.9. The van der Waals surface area contributed by atoms with E-state index in [2.05, 4.69) is 20.5 Å². The molecule has 0 saturated heterocycles. The molecule has 1 aromatic carbocycles. The van der Waals surface area contributed by atoms with Crippen LogP contribution in [0.4, 0.5) is 5.69 Å². The van der Waals surface area contributed by atoms with Gasteiger partial charge >= 0.3 is 0 Å². The Labute approximate surface area is 248 Å². The lowest BCUT2D eigenvalue weighted by atomic mass is 9.97. The minimum Gasteiger partial charge on any atom is -0.323 e. The van der Waals surface area contributed by atoms with Gasteiger partial charge in [-0.1, -0.05) is 24.9 Å². The summed E-state index contributed by atoms with van der Waals surface area (Å²) in [6, 6.07) is 10.5. The maximum Gasteiger partial charge on any atom is 0.254 e. The zero-order valence-corrected chi connectivity index (χ0v) is 24.6. The smallest absolute Gasteiger partial charge is 0.254 e. The molecule has 11 heteroatoms. The molecule has 214 valence electrons. The molecule has 2 atom stereocenters. The molecule has 0 spiro atoms. The molecule has 1 aliphatic rings. The zero-order chi connectivity index (χ0) is 29.5. The second-order valence-electron chi connectivity index (χ2n) is 10.9. The van der Waals surface area contributed by atoms with Crippen LogP contribution >= 0.6 is 11.6 Å². The van der Waals surface area contributed by atoms with Crippen LogP contribution < -0.4 is 10.9 Å². The van der Waals surface area contributed by atoms with Crippen molar-refractivity contribution < 1.29 is 4.79 Å². The summed E-state index contributed by atoms with van der Waals surface area (Å²) in [6.07, 6.45) is 8.90. The lowest BCUT2D eigenvalue weighted by molar-refractivity contribution is -0.119. The van der Waals surface area contributed by atoms with Gasteiger partial charge in [0, 0.05) is 47.6 Å². The van der Waals surface area contributed by atoms with Crippen LogP contribution in [0, 0.1) is 19.8 Å². The number of anilines is 1. The number of aromatic nitrogens is 7. The fraction of sp³-hybridized carbons (Fsp3) is 0.290. The molecule has 4 aromatic heterocycles. The van der Waals surface area contributed by atoms with E-state index in [4.69, 9.17) is 16.6 Å². The van der Waals surface area contributed by atoms with Gasteiger partial charge < -0.3 is 5.32 Å². The van der Waals surface area contributed by atoms with Crippen LogP contribution in [0.2, 0.25) is 5.02 Å². The summed E-state index contributed by atoms with van der Waals surface area (Å²) in [5.41, 5.74) is 6.75. The molecule has 1 N–H and O–H groups in total. The third kappa shape index (κ3) is 5.14. The number of hydrogen-bond donors (Lipinski definition) is 1. The minimum absolute atomic E-state index is 0.0567. The van der Waals surface area contributed by atoms with Crippen LogP contribution in [0.25, 0.3) is 28.2 Å². The monoisotopic (exact) mass is 582 g/mol. The molecule has 0 aliphatic carbocycles. The van der Waals surface area contributed by atoms with Crippen LogP contribution in [0.5, 0.6) is 0 Å². The fourth-order valence-electron chi connectivity index (χ4n) is 5.46. The molecule has 10 nitrogen and oxygen atoms in total. The molecular weight excluding hydrogens is 552 g/mol. The lowest BCUT2D eigenvalue weighted by Crippen LogP contribution is -2.27. The first kappa shape index (κ1) is 27.6. The lowest BCUT2D eigenvalue weighted by Gasteiger charge is -2.22. The van der Waals surface area contributed by atoms with E-state index in [1.807, 2.05) is 52.2 Å². The van der Waals surface area contributed by atoms with E-state index in [9.17, 15) is 9.59 Å². The molecule has 5 heterocycles. The Bertz CT molecular complexity index is 1850. The average Bonchev–Trinajstić information content (AvgIpc) is 3.50. The number of nitrogens with zero attached hydrogens (tertiary/aromatic N) is 7. The van der Waals surface area contributed by atoms with E-state index in [1.165, 1.54) is 6.07 Å². The summed E-state index contributed by atoms with van der Waals surface area (Å²) < 4.78 is 5.15. The van der Waals surface area contributed by atoms with Gasteiger partial charge in [-0.15, -0.1) is 0 Å². The van der Waals surface area contributed by atoms with Crippen molar-refractivity contribution >= 4 is 23.2 Å². The molecule has 0 fully saturated rings. The molecule has 42 heavy (non-hydrogen) atoms. The third-order valence-electron chi connectivity index (χ3n) is 7.95. The Hall–Kier alpha value is -4.57. The summed E-state index contributed by atoms with van der Waals surface area (Å²) in [5.74, 6) is -0.267. The van der Waals surface area contributed by atoms with Crippen molar-refractivity contribution in [2.24, 2.45) is 13.0 Å². The highest BCUT2D eigenvalue weighted by atomic mass is 35.5. The number of fused-ring (bicyclic) bond motifs is 4. The first-order valence-corrected chi connectivity index (χ1v) is 14.3. The maximum absolute atomic E-state index is 13.8. The van der Waals surface area contributed by atoms with Gasteiger partial charge in [-0.3, -0.25) is 23.8 Å². The zero-order valence-electron chi connectivity index (χ0n) is 23.9. The van der Waals surface area contributed by atoms with Crippen LogP contribution in [-0.4, -0.2) is 40.0 Å². The highest BCUT2D eigenvalue weighted by Gasteiger charge is 2.24. The molecular formula is C31H31ClN8O2. The Morgan fingerprint density at radius 2 is 1.88 bits per heavy atom. The Morgan fingerprint density at radius 3 is 2.64 bits per heavy atom. The summed E-state index contributed by atoms with van der Waals surface area (Å²) in [6.45, 7) is 5.87. The quantitative estimate of drug-likeness (QED) is 0.300. The van der Waals surface area contributed by atoms with Gasteiger partial charge in [-0.05, 0) is 62.6 Å². The van der Waals surface area contributed by atoms with Crippen molar-refractivity contribution in [2.75, 3.05) is 5.32 Å². The van der Waals surface area contributed by atoms with E-state index in [1.54, 1.807) is 44.8 Å². The molecule has 0 saturated carbocycles. The highest BCUT2D eigenvalue weighted by Crippen LogP contribution is 2.33. The summed E-state index contributed by atoms with van der Waals surface area (Å²) in [5, 5.41) is 12.6. The Balaban J connectivity index is 1.44. The van der Waals surface area contributed by atoms with Gasteiger partial charge in [0.15, 0.2) is 0 Å². The average molecular weight is 583 g/mol. The number of halogens is 1. The number of carbonyl (C=O) groups excluding carboxylic acids is 1. The molecule has 1 amide bonds. The number of amides is 1. The topological polar surface area (TPSA) is 113 Å². The molecule has 1 aliphatic heterocycles. The molecule has 0 radical (unpaired) electrons. The maximum atomic E-state index is 13.8. The minimum atomic E-state index is -0.374. The number of pyridine rings is 1. The molecule has 6 rings (SSSR count). The SMILES string of the molecule is Cc1cn(-c2ccc(Cl)cc2-c2cc(=O)n([C@H]3CCC[C@@H](C)C(=O)Nc4cnn(C)c4-c4ccnc3c4)cn2)nc1C. The molecule has 2 bridgehead atoms. The molecule has 0 unspecified atom stereocenters. The van der Waals surface area contributed by atoms with E-state index in [-0.39, 0.29) is 23.4 Å². The normalized spacial score (nSPS) is 17.2. The summed E-state index contributed by atoms with van der Waals surface area (Å²) >= 11 is 6.39. The predicted molar refractivity (Wildman–Crippen MR) is 162 cm³/mol. The fourth-order valence-corrected chi connectivity index (χ4v) is 5.63. The first-order chi connectivity index (χ1) is 20.2. The van der Waals surface area contributed by atoms with Crippen LogP contribution in [-0.2, 0) is 11.8 Å². The van der Waals surface area contributed by atoms with Crippen molar-refractivity contribution in [1.82, 2.24) is 34.1 Å². The van der Waals surface area contributed by atoms with Crippen molar-refractivity contribution in [3.8, 4) is 28.2 Å². The van der Waals surface area contributed by atoms with Gasteiger partial charge in [0.1, 0.15) is 0 Å². The summed E-state index contributed by atoms with van der Waals surface area (Å²) in [7, 11) is 1.83. The number of rotatable bonds is 3. The van der Waals surface area contributed by atoms with Crippen molar-refractivity contribution in [3.63, 3.8) is 0 Å². The number of nitrogens with one attached hydrogen (secondary N) is 1. The van der Waals surface area contributed by atoms with E-state index in [0.29, 0.717) is 34.8 Å². The van der Waals surface area contributed by atoms with Gasteiger partial charge in [-0.2, -0.15) is 10.2 Å². The summed E-state index contributed by atoms with van der Waals surface area (Å²) in [4.78, 5) is 36.1. The van der Waals surface area contributed by atoms with Crippen molar-refractivity contribution in [3.05, 3.63) is 93.6 Å².